The normalized spacial score (nSPS) is 11.1. The van der Waals surface area contributed by atoms with Crippen LogP contribution in [-0.2, 0) is 6.42 Å². The van der Waals surface area contributed by atoms with Crippen LogP contribution in [0.4, 0.5) is 13.2 Å². The zero-order valence-corrected chi connectivity index (χ0v) is 17.5. The van der Waals surface area contributed by atoms with Crippen LogP contribution < -0.4 is 4.74 Å². The number of hydrogen-bond acceptors (Lipinski definition) is 1. The van der Waals surface area contributed by atoms with Gasteiger partial charge in [-0.2, -0.15) is 0 Å². The van der Waals surface area contributed by atoms with E-state index in [4.69, 9.17) is 4.74 Å². The summed E-state index contributed by atoms with van der Waals surface area (Å²) in [6.07, 6.45) is 3.33. The summed E-state index contributed by atoms with van der Waals surface area (Å²) in [4.78, 5) is 0. The van der Waals surface area contributed by atoms with Crippen LogP contribution >= 0.6 is 0 Å². The molecule has 0 heterocycles. The second kappa shape index (κ2) is 8.84. The van der Waals surface area contributed by atoms with E-state index in [1.807, 2.05) is 24.3 Å². The van der Waals surface area contributed by atoms with E-state index >= 15 is 0 Å². The molecule has 0 radical (unpaired) electrons. The summed E-state index contributed by atoms with van der Waals surface area (Å²) in [5.74, 6) is -2.13. The van der Waals surface area contributed by atoms with Crippen molar-refractivity contribution in [3.05, 3.63) is 89.7 Å². The first-order chi connectivity index (χ1) is 15.0. The number of aryl methyl sites for hydroxylation is 1. The Morgan fingerprint density at radius 2 is 1.32 bits per heavy atom. The van der Waals surface area contributed by atoms with Gasteiger partial charge in [-0.25, -0.2) is 13.2 Å². The highest BCUT2D eigenvalue weighted by Crippen LogP contribution is 2.34. The van der Waals surface area contributed by atoms with E-state index in [-0.39, 0.29) is 16.9 Å². The summed E-state index contributed by atoms with van der Waals surface area (Å²) in [5.41, 5.74) is 2.31. The Balaban J connectivity index is 1.70. The Hall–Kier alpha value is -3.27. The quantitative estimate of drug-likeness (QED) is 0.308. The standard InChI is InChI=1S/C27H23F3O/c1-3-4-5-17-6-7-19-13-20(9-8-18(19)12-17)22-15-24(29)27(25(30)16-22)21-10-11-26(31-2)23(28)14-21/h6-16H,3-5H2,1-2H3. The molecule has 1 nitrogen and oxygen atoms in total. The minimum absolute atomic E-state index is 0.0233. The summed E-state index contributed by atoms with van der Waals surface area (Å²) < 4.78 is 48.7. The van der Waals surface area contributed by atoms with Gasteiger partial charge in [-0.05, 0) is 76.2 Å². The maximum absolute atomic E-state index is 14.9. The van der Waals surface area contributed by atoms with Crippen molar-refractivity contribution in [1.82, 2.24) is 0 Å². The van der Waals surface area contributed by atoms with Gasteiger partial charge in [0.25, 0.3) is 0 Å². The number of unbranched alkanes of at least 4 members (excludes halogenated alkanes) is 1. The average Bonchev–Trinajstić information content (AvgIpc) is 2.77. The van der Waals surface area contributed by atoms with Gasteiger partial charge < -0.3 is 4.74 Å². The summed E-state index contributed by atoms with van der Waals surface area (Å²) >= 11 is 0. The molecule has 0 aromatic heterocycles. The van der Waals surface area contributed by atoms with Gasteiger partial charge in [0.15, 0.2) is 11.6 Å². The Bertz CT molecular complexity index is 1220. The first kappa shape index (κ1) is 21.0. The van der Waals surface area contributed by atoms with Crippen LogP contribution in [0, 0.1) is 17.5 Å². The molecule has 0 N–H and O–H groups in total. The maximum atomic E-state index is 14.9. The Morgan fingerprint density at radius 3 is 2.00 bits per heavy atom. The first-order valence-corrected chi connectivity index (χ1v) is 10.4. The van der Waals surface area contributed by atoms with Gasteiger partial charge in [-0.15, -0.1) is 0 Å². The lowest BCUT2D eigenvalue weighted by molar-refractivity contribution is 0.386. The highest BCUT2D eigenvalue weighted by molar-refractivity contribution is 5.88. The number of hydrogen-bond donors (Lipinski definition) is 0. The molecule has 0 fully saturated rings. The molecule has 0 saturated carbocycles. The molecule has 0 spiro atoms. The van der Waals surface area contributed by atoms with Crippen molar-refractivity contribution >= 4 is 10.8 Å². The summed E-state index contributed by atoms with van der Waals surface area (Å²) in [6.45, 7) is 2.17. The zero-order chi connectivity index (χ0) is 22.0. The highest BCUT2D eigenvalue weighted by Gasteiger charge is 2.16. The van der Waals surface area contributed by atoms with Crippen LogP contribution in [0.5, 0.6) is 5.75 Å². The van der Waals surface area contributed by atoms with Crippen molar-refractivity contribution in [3.8, 4) is 28.0 Å². The largest absolute Gasteiger partial charge is 0.494 e. The molecular formula is C27H23F3O. The van der Waals surface area contributed by atoms with Gasteiger partial charge in [0.2, 0.25) is 0 Å². The third-order valence-electron chi connectivity index (χ3n) is 5.54. The number of rotatable bonds is 6. The van der Waals surface area contributed by atoms with Crippen molar-refractivity contribution in [1.29, 1.82) is 0 Å². The fourth-order valence-electron chi connectivity index (χ4n) is 3.85. The minimum atomic E-state index is -0.741. The van der Waals surface area contributed by atoms with Crippen molar-refractivity contribution in [3.63, 3.8) is 0 Å². The molecule has 0 bridgehead atoms. The molecule has 4 rings (SSSR count). The van der Waals surface area contributed by atoms with Crippen LogP contribution in [0.25, 0.3) is 33.0 Å². The van der Waals surface area contributed by atoms with Gasteiger partial charge >= 0.3 is 0 Å². The fourth-order valence-corrected chi connectivity index (χ4v) is 3.85. The topological polar surface area (TPSA) is 9.23 Å². The molecule has 31 heavy (non-hydrogen) atoms. The average molecular weight is 420 g/mol. The number of benzene rings is 4. The SMILES string of the molecule is CCCCc1ccc2cc(-c3cc(F)c(-c4ccc(OC)c(F)c4)c(F)c3)ccc2c1. The van der Waals surface area contributed by atoms with Crippen LogP contribution in [-0.4, -0.2) is 7.11 Å². The number of halogens is 3. The lowest BCUT2D eigenvalue weighted by atomic mass is 9.96. The molecular weight excluding hydrogens is 397 g/mol. The van der Waals surface area contributed by atoms with E-state index in [2.05, 4.69) is 19.1 Å². The van der Waals surface area contributed by atoms with E-state index < -0.39 is 17.5 Å². The Labute approximate surface area is 180 Å². The van der Waals surface area contributed by atoms with E-state index in [1.54, 1.807) is 0 Å². The Kier molecular flexibility index (Phi) is 5.99. The molecule has 0 saturated heterocycles. The lowest BCUT2D eigenvalue weighted by Crippen LogP contribution is -1.94. The third-order valence-corrected chi connectivity index (χ3v) is 5.54. The number of methoxy groups -OCH3 is 1. The highest BCUT2D eigenvalue weighted by atomic mass is 19.1. The predicted octanol–water partition coefficient (Wildman–Crippen LogP) is 7.94. The molecule has 0 aliphatic heterocycles. The first-order valence-electron chi connectivity index (χ1n) is 10.4. The van der Waals surface area contributed by atoms with Gasteiger partial charge in [0.1, 0.15) is 11.6 Å². The molecule has 4 aromatic rings. The monoisotopic (exact) mass is 420 g/mol. The van der Waals surface area contributed by atoms with Gasteiger partial charge in [0, 0.05) is 0 Å². The number of ether oxygens (including phenoxy) is 1. The number of fused-ring (bicyclic) bond motifs is 1. The summed E-state index contributed by atoms with van der Waals surface area (Å²) in [7, 11) is 1.34. The van der Waals surface area contributed by atoms with Crippen LogP contribution in [0.2, 0.25) is 0 Å². The molecule has 0 amide bonds. The van der Waals surface area contributed by atoms with Gasteiger partial charge in [-0.1, -0.05) is 49.7 Å². The molecule has 4 aromatic carbocycles. The zero-order valence-electron chi connectivity index (χ0n) is 17.5. The molecule has 0 aliphatic rings. The van der Waals surface area contributed by atoms with Gasteiger partial charge in [-0.3, -0.25) is 0 Å². The van der Waals surface area contributed by atoms with Gasteiger partial charge in [0.05, 0.1) is 12.7 Å². The van der Waals surface area contributed by atoms with Crippen molar-refractivity contribution in [2.24, 2.45) is 0 Å². The van der Waals surface area contributed by atoms with E-state index in [0.29, 0.717) is 5.56 Å². The predicted molar refractivity (Wildman–Crippen MR) is 120 cm³/mol. The minimum Gasteiger partial charge on any atom is -0.494 e. The van der Waals surface area contributed by atoms with E-state index in [1.165, 1.54) is 36.9 Å². The molecule has 0 atom stereocenters. The lowest BCUT2D eigenvalue weighted by Gasteiger charge is -2.11. The third kappa shape index (κ3) is 4.29. The maximum Gasteiger partial charge on any atom is 0.165 e. The molecule has 0 aliphatic carbocycles. The van der Waals surface area contributed by atoms with Crippen molar-refractivity contribution in [2.75, 3.05) is 7.11 Å². The Morgan fingerprint density at radius 1 is 0.677 bits per heavy atom. The summed E-state index contributed by atoms with van der Waals surface area (Å²) in [6, 6.07) is 18.5. The van der Waals surface area contributed by atoms with E-state index in [0.717, 1.165) is 41.7 Å². The van der Waals surface area contributed by atoms with Crippen LogP contribution in [0.1, 0.15) is 25.3 Å². The van der Waals surface area contributed by atoms with Crippen LogP contribution in [0.15, 0.2) is 66.7 Å². The smallest absolute Gasteiger partial charge is 0.165 e. The molecule has 158 valence electrons. The van der Waals surface area contributed by atoms with Crippen molar-refractivity contribution < 1.29 is 17.9 Å². The second-order valence-electron chi connectivity index (χ2n) is 7.66. The molecule has 0 unspecified atom stereocenters. The van der Waals surface area contributed by atoms with E-state index in [9.17, 15) is 13.2 Å². The van der Waals surface area contributed by atoms with Crippen LogP contribution in [0.3, 0.4) is 0 Å². The van der Waals surface area contributed by atoms with Crippen molar-refractivity contribution in [2.45, 2.75) is 26.2 Å². The second-order valence-corrected chi connectivity index (χ2v) is 7.66. The fraction of sp³-hybridized carbons (Fsp3) is 0.185. The molecule has 4 heteroatoms. The summed E-state index contributed by atoms with van der Waals surface area (Å²) in [5, 5.41) is 2.11.